The smallest absolute Gasteiger partial charge is 0.239 e. The predicted octanol–water partition coefficient (Wildman–Crippen LogP) is 1.45. The van der Waals surface area contributed by atoms with Gasteiger partial charge in [-0.05, 0) is 5.56 Å². The van der Waals surface area contributed by atoms with Gasteiger partial charge in [0.25, 0.3) is 0 Å². The van der Waals surface area contributed by atoms with Gasteiger partial charge in [0.15, 0.2) is 0 Å². The van der Waals surface area contributed by atoms with Crippen LogP contribution in [0.3, 0.4) is 0 Å². The van der Waals surface area contributed by atoms with Crippen LogP contribution in [0, 0.1) is 0 Å². The number of nitrogens with zero attached hydrogens (tertiary/aromatic N) is 3. The number of anilines is 1. The Labute approximate surface area is 112 Å². The molecule has 1 aromatic carbocycles. The maximum atomic E-state index is 5.62. The molecule has 19 heavy (non-hydrogen) atoms. The average molecular weight is 256 g/mol. The molecule has 0 saturated heterocycles. The van der Waals surface area contributed by atoms with Crippen LogP contribution in [0.1, 0.15) is 11.3 Å². The summed E-state index contributed by atoms with van der Waals surface area (Å²) >= 11 is 0. The second-order valence-corrected chi connectivity index (χ2v) is 4.59. The van der Waals surface area contributed by atoms with Crippen molar-refractivity contribution in [3.63, 3.8) is 0 Å². The molecule has 0 atom stereocenters. The fourth-order valence-electron chi connectivity index (χ4n) is 2.17. The summed E-state index contributed by atoms with van der Waals surface area (Å²) in [6.07, 6.45) is 1.58. The summed E-state index contributed by atoms with van der Waals surface area (Å²) in [5.74, 6) is 0.964. The van der Waals surface area contributed by atoms with Gasteiger partial charge in [-0.1, -0.05) is 30.3 Å². The van der Waals surface area contributed by atoms with Gasteiger partial charge >= 0.3 is 0 Å². The first-order chi connectivity index (χ1) is 9.31. The number of nitrogen functional groups attached to an aromatic ring is 1. The van der Waals surface area contributed by atoms with Crippen molar-refractivity contribution in [2.24, 2.45) is 0 Å². The van der Waals surface area contributed by atoms with Gasteiger partial charge in [-0.2, -0.15) is 4.98 Å². The molecule has 0 bridgehead atoms. The van der Waals surface area contributed by atoms with Crippen LogP contribution in [-0.2, 0) is 13.1 Å². The monoisotopic (exact) mass is 256 g/mol. The zero-order chi connectivity index (χ0) is 13.1. The third kappa shape index (κ3) is 2.82. The van der Waals surface area contributed by atoms with Crippen LogP contribution in [0.4, 0.5) is 5.82 Å². The summed E-state index contributed by atoms with van der Waals surface area (Å²) in [4.78, 5) is 10.8. The fourth-order valence-corrected chi connectivity index (χ4v) is 2.17. The fraction of sp³-hybridized carbons (Fsp3) is 0.286. The van der Waals surface area contributed by atoms with Crippen LogP contribution < -0.4 is 10.5 Å². The Balaban J connectivity index is 1.77. The minimum absolute atomic E-state index is 0.398. The first kappa shape index (κ1) is 11.9. The van der Waals surface area contributed by atoms with Crippen LogP contribution in [-0.4, -0.2) is 28.0 Å². The first-order valence-electron chi connectivity index (χ1n) is 6.32. The molecule has 0 radical (unpaired) electrons. The number of rotatable bonds is 2. The van der Waals surface area contributed by atoms with Crippen molar-refractivity contribution in [2.45, 2.75) is 13.1 Å². The highest BCUT2D eigenvalue weighted by atomic mass is 16.5. The lowest BCUT2D eigenvalue weighted by Gasteiger charge is -2.18. The highest BCUT2D eigenvalue weighted by Crippen LogP contribution is 2.20. The zero-order valence-corrected chi connectivity index (χ0v) is 10.6. The number of hydrogen-bond donors (Lipinski definition) is 1. The third-order valence-electron chi connectivity index (χ3n) is 3.10. The van der Waals surface area contributed by atoms with Crippen molar-refractivity contribution < 1.29 is 4.74 Å². The van der Waals surface area contributed by atoms with Gasteiger partial charge in [-0.25, -0.2) is 0 Å². The van der Waals surface area contributed by atoms with Crippen LogP contribution in [0.25, 0.3) is 0 Å². The lowest BCUT2D eigenvalue weighted by atomic mass is 10.2. The van der Waals surface area contributed by atoms with Gasteiger partial charge in [0.1, 0.15) is 18.1 Å². The van der Waals surface area contributed by atoms with E-state index in [-0.39, 0.29) is 0 Å². The molecule has 5 nitrogen and oxygen atoms in total. The lowest BCUT2D eigenvalue weighted by molar-refractivity contribution is 0.217. The van der Waals surface area contributed by atoms with E-state index in [4.69, 9.17) is 10.5 Å². The maximum absolute atomic E-state index is 5.62. The van der Waals surface area contributed by atoms with E-state index < -0.39 is 0 Å². The predicted molar refractivity (Wildman–Crippen MR) is 72.5 cm³/mol. The zero-order valence-electron chi connectivity index (χ0n) is 10.6. The van der Waals surface area contributed by atoms with Crippen LogP contribution in [0.15, 0.2) is 36.5 Å². The summed E-state index contributed by atoms with van der Waals surface area (Å²) in [5.41, 5.74) is 7.76. The van der Waals surface area contributed by atoms with Crippen molar-refractivity contribution in [3.8, 4) is 5.88 Å². The van der Waals surface area contributed by atoms with Crippen LogP contribution in [0.5, 0.6) is 5.88 Å². The molecule has 98 valence electrons. The van der Waals surface area contributed by atoms with Gasteiger partial charge in [0.05, 0.1) is 6.20 Å². The second kappa shape index (κ2) is 5.24. The van der Waals surface area contributed by atoms with Crippen molar-refractivity contribution in [3.05, 3.63) is 47.8 Å². The topological polar surface area (TPSA) is 64.3 Å². The highest BCUT2D eigenvalue weighted by Gasteiger charge is 2.17. The molecule has 0 saturated carbocycles. The van der Waals surface area contributed by atoms with Crippen molar-refractivity contribution in [1.29, 1.82) is 0 Å². The molecule has 3 rings (SSSR count). The first-order valence-corrected chi connectivity index (χ1v) is 6.32. The highest BCUT2D eigenvalue weighted by molar-refractivity contribution is 5.31. The van der Waals surface area contributed by atoms with E-state index in [2.05, 4.69) is 39.1 Å². The molecular formula is C14H16N4O. The number of ether oxygens (including phenoxy) is 1. The van der Waals surface area contributed by atoms with Gasteiger partial charge in [-0.3, -0.25) is 9.88 Å². The molecule has 0 aliphatic carbocycles. The minimum Gasteiger partial charge on any atom is -0.475 e. The third-order valence-corrected chi connectivity index (χ3v) is 3.10. The molecule has 0 unspecified atom stereocenters. The Morgan fingerprint density at radius 2 is 2.11 bits per heavy atom. The minimum atomic E-state index is 0.398. The van der Waals surface area contributed by atoms with Gasteiger partial charge in [0, 0.05) is 19.6 Å². The number of aromatic nitrogens is 2. The number of nitrogens with two attached hydrogens (primary N) is 1. The normalized spacial score (nSPS) is 15.4. The SMILES string of the molecule is Nc1cnc2c(n1)OCCN(Cc1ccccc1)C2. The molecule has 0 spiro atoms. The van der Waals surface area contributed by atoms with Crippen molar-refractivity contribution in [1.82, 2.24) is 14.9 Å². The molecule has 1 aliphatic heterocycles. The van der Waals surface area contributed by atoms with E-state index in [1.54, 1.807) is 6.20 Å². The largest absolute Gasteiger partial charge is 0.475 e. The Morgan fingerprint density at radius 3 is 2.95 bits per heavy atom. The van der Waals surface area contributed by atoms with E-state index in [1.165, 1.54) is 5.56 Å². The molecule has 1 aliphatic rings. The van der Waals surface area contributed by atoms with E-state index in [0.29, 0.717) is 18.3 Å². The average Bonchev–Trinajstić information content (AvgIpc) is 2.61. The molecule has 2 aromatic rings. The summed E-state index contributed by atoms with van der Waals surface area (Å²) in [6.45, 7) is 3.08. The maximum Gasteiger partial charge on any atom is 0.239 e. The molecule has 2 N–H and O–H groups in total. The second-order valence-electron chi connectivity index (χ2n) is 4.59. The standard InChI is InChI=1S/C14H16N4O/c15-13-8-16-12-10-18(6-7-19-14(12)17-13)9-11-4-2-1-3-5-11/h1-5,8H,6-7,9-10H2,(H2,15,17). The molecular weight excluding hydrogens is 240 g/mol. The number of benzene rings is 1. The van der Waals surface area contributed by atoms with Gasteiger partial charge < -0.3 is 10.5 Å². The van der Waals surface area contributed by atoms with E-state index in [1.807, 2.05) is 6.07 Å². The Morgan fingerprint density at radius 1 is 1.26 bits per heavy atom. The Kier molecular flexibility index (Phi) is 3.29. The molecule has 0 fully saturated rings. The number of fused-ring (bicyclic) bond motifs is 1. The van der Waals surface area contributed by atoms with E-state index >= 15 is 0 Å². The van der Waals surface area contributed by atoms with E-state index in [0.717, 1.165) is 25.3 Å². The van der Waals surface area contributed by atoms with E-state index in [9.17, 15) is 0 Å². The Bertz CT molecular complexity index is 559. The summed E-state index contributed by atoms with van der Waals surface area (Å²) in [5, 5.41) is 0. The summed E-state index contributed by atoms with van der Waals surface area (Å²) in [7, 11) is 0. The quantitative estimate of drug-likeness (QED) is 0.881. The molecule has 1 aromatic heterocycles. The number of hydrogen-bond acceptors (Lipinski definition) is 5. The Hall–Kier alpha value is -2.14. The van der Waals surface area contributed by atoms with Crippen molar-refractivity contribution >= 4 is 5.82 Å². The summed E-state index contributed by atoms with van der Waals surface area (Å²) < 4.78 is 5.60. The molecule has 0 amide bonds. The molecule has 2 heterocycles. The van der Waals surface area contributed by atoms with Gasteiger partial charge in [-0.15, -0.1) is 0 Å². The van der Waals surface area contributed by atoms with Crippen LogP contribution >= 0.6 is 0 Å². The van der Waals surface area contributed by atoms with Gasteiger partial charge in [0.2, 0.25) is 5.88 Å². The summed E-state index contributed by atoms with van der Waals surface area (Å²) in [6, 6.07) is 10.4. The lowest BCUT2D eigenvalue weighted by Crippen LogP contribution is -2.25. The molecule has 5 heteroatoms. The van der Waals surface area contributed by atoms with Crippen LogP contribution in [0.2, 0.25) is 0 Å². The van der Waals surface area contributed by atoms with Crippen molar-refractivity contribution in [2.75, 3.05) is 18.9 Å².